The summed E-state index contributed by atoms with van der Waals surface area (Å²) < 4.78 is 0. The van der Waals surface area contributed by atoms with Crippen LogP contribution in [0.25, 0.3) is 0 Å². The maximum Gasteiger partial charge on any atom is 0.356 e. The molecule has 1 N–H and O–H groups in total. The second-order valence-corrected chi connectivity index (χ2v) is 3.34. The third-order valence-corrected chi connectivity index (χ3v) is 2.15. The predicted octanol–water partition coefficient (Wildman–Crippen LogP) is 1.20. The van der Waals surface area contributed by atoms with E-state index in [9.17, 15) is 9.59 Å². The lowest BCUT2D eigenvalue weighted by atomic mass is 10.4. The van der Waals surface area contributed by atoms with Crippen LogP contribution in [0.2, 0.25) is 5.02 Å². The maximum absolute atomic E-state index is 11.2. The van der Waals surface area contributed by atoms with Crippen molar-refractivity contribution in [1.82, 2.24) is 9.97 Å². The molecule has 1 aromatic heterocycles. The van der Waals surface area contributed by atoms with E-state index in [0.717, 1.165) is 0 Å². The van der Waals surface area contributed by atoms with Crippen LogP contribution < -0.4 is 4.90 Å². The molecule has 1 amide bonds. The summed E-state index contributed by atoms with van der Waals surface area (Å²) in [6.07, 6.45) is 1.17. The molecule has 6 nitrogen and oxygen atoms in total. The first-order valence-corrected chi connectivity index (χ1v) is 4.89. The van der Waals surface area contributed by atoms with Gasteiger partial charge in [-0.2, -0.15) is 0 Å². The topological polar surface area (TPSA) is 83.4 Å². The highest BCUT2D eigenvalue weighted by atomic mass is 35.5. The molecule has 0 fully saturated rings. The van der Waals surface area contributed by atoms with E-state index in [1.807, 2.05) is 0 Å². The summed E-state index contributed by atoms with van der Waals surface area (Å²) in [6, 6.07) is 0. The monoisotopic (exact) mass is 243 g/mol. The van der Waals surface area contributed by atoms with Crippen molar-refractivity contribution >= 4 is 29.4 Å². The summed E-state index contributed by atoms with van der Waals surface area (Å²) in [4.78, 5) is 30.8. The van der Waals surface area contributed by atoms with Crippen molar-refractivity contribution < 1.29 is 14.7 Å². The Bertz CT molecular complexity index is 436. The van der Waals surface area contributed by atoms with Crippen LogP contribution in [-0.2, 0) is 4.79 Å². The van der Waals surface area contributed by atoms with E-state index in [2.05, 4.69) is 9.97 Å². The number of rotatable bonds is 3. The van der Waals surface area contributed by atoms with Crippen LogP contribution in [0.5, 0.6) is 0 Å². The van der Waals surface area contributed by atoms with Crippen molar-refractivity contribution in [3.05, 3.63) is 16.9 Å². The molecule has 0 aliphatic carbocycles. The Morgan fingerprint density at radius 3 is 2.62 bits per heavy atom. The number of aromatic nitrogens is 2. The van der Waals surface area contributed by atoms with Crippen molar-refractivity contribution in [2.75, 3.05) is 11.4 Å². The van der Waals surface area contributed by atoms with Crippen molar-refractivity contribution in [1.29, 1.82) is 0 Å². The molecule has 0 radical (unpaired) electrons. The number of aromatic carboxylic acids is 1. The molecule has 1 aromatic rings. The number of carboxylic acids is 1. The Kier molecular flexibility index (Phi) is 3.78. The number of carbonyl (C=O) groups excluding carboxylic acids is 1. The molecule has 0 atom stereocenters. The first kappa shape index (κ1) is 12.4. The first-order chi connectivity index (χ1) is 7.47. The number of carboxylic acid groups (broad SMARTS) is 1. The zero-order valence-corrected chi connectivity index (χ0v) is 9.52. The Morgan fingerprint density at radius 1 is 1.56 bits per heavy atom. The smallest absolute Gasteiger partial charge is 0.356 e. The Labute approximate surface area is 96.9 Å². The number of halogens is 1. The van der Waals surface area contributed by atoms with E-state index in [0.29, 0.717) is 6.54 Å². The second kappa shape index (κ2) is 4.89. The fourth-order valence-corrected chi connectivity index (χ4v) is 1.31. The predicted molar refractivity (Wildman–Crippen MR) is 57.7 cm³/mol. The van der Waals surface area contributed by atoms with Crippen LogP contribution in [0.1, 0.15) is 24.3 Å². The quantitative estimate of drug-likeness (QED) is 0.862. The normalized spacial score (nSPS) is 9.94. The third kappa shape index (κ3) is 2.46. The van der Waals surface area contributed by atoms with Gasteiger partial charge in [0.25, 0.3) is 0 Å². The SMILES string of the molecule is CCN(C(C)=O)c1ncc(Cl)c(C(=O)O)n1. The lowest BCUT2D eigenvalue weighted by Crippen LogP contribution is -2.30. The van der Waals surface area contributed by atoms with Gasteiger partial charge in [-0.25, -0.2) is 14.8 Å². The van der Waals surface area contributed by atoms with Crippen molar-refractivity contribution in [2.45, 2.75) is 13.8 Å². The minimum atomic E-state index is -1.26. The molecule has 0 saturated carbocycles. The highest BCUT2D eigenvalue weighted by Crippen LogP contribution is 2.16. The third-order valence-electron chi connectivity index (χ3n) is 1.87. The maximum atomic E-state index is 11.2. The van der Waals surface area contributed by atoms with Gasteiger partial charge in [-0.05, 0) is 6.92 Å². The molecule has 1 rings (SSSR count). The lowest BCUT2D eigenvalue weighted by molar-refractivity contribution is -0.116. The van der Waals surface area contributed by atoms with E-state index in [4.69, 9.17) is 16.7 Å². The average molecular weight is 244 g/mol. The highest BCUT2D eigenvalue weighted by Gasteiger charge is 2.17. The molecular weight excluding hydrogens is 234 g/mol. The van der Waals surface area contributed by atoms with E-state index < -0.39 is 5.97 Å². The van der Waals surface area contributed by atoms with Gasteiger partial charge < -0.3 is 5.11 Å². The fourth-order valence-electron chi connectivity index (χ4n) is 1.14. The van der Waals surface area contributed by atoms with Gasteiger partial charge in [0.1, 0.15) is 0 Å². The summed E-state index contributed by atoms with van der Waals surface area (Å²) in [5.41, 5.74) is -0.314. The molecule has 16 heavy (non-hydrogen) atoms. The molecule has 0 unspecified atom stereocenters. The van der Waals surface area contributed by atoms with E-state index in [1.165, 1.54) is 18.0 Å². The van der Waals surface area contributed by atoms with Gasteiger partial charge in [0.05, 0.1) is 11.2 Å². The van der Waals surface area contributed by atoms with Gasteiger partial charge in [0, 0.05) is 13.5 Å². The lowest BCUT2D eigenvalue weighted by Gasteiger charge is -2.16. The standard InChI is InChI=1S/C9H10ClN3O3/c1-3-13(5(2)14)9-11-4-6(10)7(12-9)8(15)16/h4H,3H2,1-2H3,(H,15,16). The van der Waals surface area contributed by atoms with Crippen LogP contribution >= 0.6 is 11.6 Å². The van der Waals surface area contributed by atoms with Crippen LogP contribution in [-0.4, -0.2) is 33.5 Å². The molecule has 0 aliphatic rings. The number of amides is 1. The summed E-state index contributed by atoms with van der Waals surface area (Å²) in [5, 5.41) is 8.75. The number of carbonyl (C=O) groups is 2. The summed E-state index contributed by atoms with van der Waals surface area (Å²) in [7, 11) is 0. The van der Waals surface area contributed by atoms with Gasteiger partial charge in [-0.3, -0.25) is 9.69 Å². The molecule has 0 aromatic carbocycles. The Morgan fingerprint density at radius 2 is 2.19 bits per heavy atom. The molecule has 0 saturated heterocycles. The molecule has 7 heteroatoms. The summed E-state index contributed by atoms with van der Waals surface area (Å²) in [5.74, 6) is -1.48. The fraction of sp³-hybridized carbons (Fsp3) is 0.333. The van der Waals surface area contributed by atoms with Gasteiger partial charge in [0.2, 0.25) is 11.9 Å². The minimum Gasteiger partial charge on any atom is -0.476 e. The van der Waals surface area contributed by atoms with Crippen LogP contribution in [0.3, 0.4) is 0 Å². The van der Waals surface area contributed by atoms with E-state index >= 15 is 0 Å². The number of hydrogen-bond donors (Lipinski definition) is 1. The number of nitrogens with zero attached hydrogens (tertiary/aromatic N) is 3. The summed E-state index contributed by atoms with van der Waals surface area (Å²) >= 11 is 5.61. The van der Waals surface area contributed by atoms with E-state index in [-0.39, 0.29) is 22.6 Å². The van der Waals surface area contributed by atoms with Crippen molar-refractivity contribution in [3.8, 4) is 0 Å². The molecule has 1 heterocycles. The van der Waals surface area contributed by atoms with Gasteiger partial charge in [-0.15, -0.1) is 0 Å². The number of anilines is 1. The molecule has 0 bridgehead atoms. The van der Waals surface area contributed by atoms with Crippen LogP contribution in [0.15, 0.2) is 6.20 Å². The molecular formula is C9H10ClN3O3. The highest BCUT2D eigenvalue weighted by molar-refractivity contribution is 6.33. The Balaban J connectivity index is 3.21. The van der Waals surface area contributed by atoms with Crippen LogP contribution in [0.4, 0.5) is 5.95 Å². The van der Waals surface area contributed by atoms with Crippen molar-refractivity contribution in [2.24, 2.45) is 0 Å². The Hall–Kier alpha value is -1.69. The van der Waals surface area contributed by atoms with Gasteiger partial charge in [0.15, 0.2) is 5.69 Å². The minimum absolute atomic E-state index is 0.0387. The molecule has 0 aliphatic heterocycles. The zero-order valence-electron chi connectivity index (χ0n) is 8.77. The average Bonchev–Trinajstić information content (AvgIpc) is 2.20. The van der Waals surface area contributed by atoms with E-state index in [1.54, 1.807) is 6.92 Å². The molecule has 86 valence electrons. The first-order valence-electron chi connectivity index (χ1n) is 4.51. The largest absolute Gasteiger partial charge is 0.476 e. The molecule has 0 spiro atoms. The number of hydrogen-bond acceptors (Lipinski definition) is 4. The zero-order chi connectivity index (χ0) is 12.3. The van der Waals surface area contributed by atoms with Gasteiger partial charge in [-0.1, -0.05) is 11.6 Å². The second-order valence-electron chi connectivity index (χ2n) is 2.93. The summed E-state index contributed by atoms with van der Waals surface area (Å²) in [6.45, 7) is 3.44. The van der Waals surface area contributed by atoms with Crippen LogP contribution in [0, 0.1) is 0 Å². The van der Waals surface area contributed by atoms with Crippen molar-refractivity contribution in [3.63, 3.8) is 0 Å². The van der Waals surface area contributed by atoms with Gasteiger partial charge >= 0.3 is 5.97 Å².